The molecule has 0 bridgehead atoms. The SMILES string of the molecule is C[C@H]1CN([C@@H](C)CO)C(=O)Cc2cc(NC(=O)NC3CCCCC3)ccc2O[C@@H]1CN(C)Cc1ccc(C(F)(F)F)cc1. The number of alkyl halides is 3. The number of nitrogens with one attached hydrogen (secondary N) is 2. The second kappa shape index (κ2) is 14.4. The van der Waals surface area contributed by atoms with Crippen LogP contribution in [0.1, 0.15) is 62.6 Å². The summed E-state index contributed by atoms with van der Waals surface area (Å²) in [5.74, 6) is 0.253. The van der Waals surface area contributed by atoms with Crippen LogP contribution < -0.4 is 15.4 Å². The summed E-state index contributed by atoms with van der Waals surface area (Å²) in [4.78, 5) is 29.8. The Hall–Kier alpha value is -3.31. The third kappa shape index (κ3) is 9.09. The topological polar surface area (TPSA) is 94.1 Å². The van der Waals surface area contributed by atoms with Gasteiger partial charge < -0.3 is 25.4 Å². The average Bonchev–Trinajstić information content (AvgIpc) is 3.00. The molecule has 0 unspecified atom stereocenters. The lowest BCUT2D eigenvalue weighted by atomic mass is 9.96. The molecule has 3 N–H and O–H groups in total. The molecule has 0 aromatic heterocycles. The van der Waals surface area contributed by atoms with Crippen LogP contribution in [-0.4, -0.2) is 71.8 Å². The van der Waals surface area contributed by atoms with Crippen molar-refractivity contribution in [1.29, 1.82) is 0 Å². The second-order valence-electron chi connectivity index (χ2n) is 12.0. The van der Waals surface area contributed by atoms with Gasteiger partial charge in [0.25, 0.3) is 0 Å². The molecule has 0 radical (unpaired) electrons. The zero-order valence-electron chi connectivity index (χ0n) is 25.1. The van der Waals surface area contributed by atoms with Crippen LogP contribution in [0.5, 0.6) is 5.75 Å². The highest BCUT2D eigenvalue weighted by atomic mass is 19.4. The Labute approximate surface area is 251 Å². The molecule has 3 atom stereocenters. The molecule has 1 heterocycles. The van der Waals surface area contributed by atoms with Gasteiger partial charge in [0.2, 0.25) is 5.91 Å². The summed E-state index contributed by atoms with van der Waals surface area (Å²) in [5.41, 5.74) is 1.22. The third-order valence-corrected chi connectivity index (χ3v) is 8.34. The summed E-state index contributed by atoms with van der Waals surface area (Å²) in [6.07, 6.45) is 0.608. The van der Waals surface area contributed by atoms with E-state index in [0.717, 1.165) is 43.4 Å². The van der Waals surface area contributed by atoms with Gasteiger partial charge in [-0.15, -0.1) is 0 Å². The van der Waals surface area contributed by atoms with Gasteiger partial charge in [-0.05, 0) is 62.7 Å². The fourth-order valence-corrected chi connectivity index (χ4v) is 5.81. The number of anilines is 1. The summed E-state index contributed by atoms with van der Waals surface area (Å²) >= 11 is 0. The van der Waals surface area contributed by atoms with Gasteiger partial charge in [-0.25, -0.2) is 4.79 Å². The Balaban J connectivity index is 1.52. The highest BCUT2D eigenvalue weighted by Crippen LogP contribution is 2.31. The van der Waals surface area contributed by atoms with Crippen LogP contribution in [0, 0.1) is 5.92 Å². The first kappa shape index (κ1) is 32.6. The fourth-order valence-electron chi connectivity index (χ4n) is 5.81. The molecule has 3 amide bonds. The highest BCUT2D eigenvalue weighted by molar-refractivity contribution is 5.90. The van der Waals surface area contributed by atoms with Crippen molar-refractivity contribution in [2.24, 2.45) is 5.92 Å². The van der Waals surface area contributed by atoms with Crippen molar-refractivity contribution < 1.29 is 32.6 Å². The molecule has 1 saturated carbocycles. The Morgan fingerprint density at radius 2 is 1.84 bits per heavy atom. The minimum Gasteiger partial charge on any atom is -0.488 e. The van der Waals surface area contributed by atoms with Crippen molar-refractivity contribution in [3.63, 3.8) is 0 Å². The minimum atomic E-state index is -4.39. The summed E-state index contributed by atoms with van der Waals surface area (Å²) < 4.78 is 45.5. The van der Waals surface area contributed by atoms with Gasteiger partial charge in [0.15, 0.2) is 0 Å². The highest BCUT2D eigenvalue weighted by Gasteiger charge is 2.32. The Morgan fingerprint density at radius 3 is 2.49 bits per heavy atom. The van der Waals surface area contributed by atoms with Crippen molar-refractivity contribution in [2.75, 3.05) is 32.1 Å². The number of aliphatic hydroxyl groups is 1. The van der Waals surface area contributed by atoms with E-state index in [4.69, 9.17) is 4.74 Å². The van der Waals surface area contributed by atoms with E-state index in [-0.39, 0.29) is 43.0 Å². The van der Waals surface area contributed by atoms with E-state index >= 15 is 0 Å². The number of carbonyl (C=O) groups excluding carboxylic acids is 2. The predicted molar refractivity (Wildman–Crippen MR) is 159 cm³/mol. The van der Waals surface area contributed by atoms with E-state index < -0.39 is 17.8 Å². The third-order valence-electron chi connectivity index (χ3n) is 8.34. The number of amides is 3. The smallest absolute Gasteiger partial charge is 0.416 e. The largest absolute Gasteiger partial charge is 0.488 e. The molecule has 43 heavy (non-hydrogen) atoms. The predicted octanol–water partition coefficient (Wildman–Crippen LogP) is 5.44. The number of ether oxygens (including phenoxy) is 1. The second-order valence-corrected chi connectivity index (χ2v) is 12.0. The van der Waals surface area contributed by atoms with Crippen molar-refractivity contribution in [1.82, 2.24) is 15.1 Å². The van der Waals surface area contributed by atoms with Crippen LogP contribution in [0.2, 0.25) is 0 Å². The van der Waals surface area contributed by atoms with E-state index in [1.165, 1.54) is 18.6 Å². The van der Waals surface area contributed by atoms with Gasteiger partial charge in [0.05, 0.1) is 24.6 Å². The van der Waals surface area contributed by atoms with E-state index in [2.05, 4.69) is 10.6 Å². The number of rotatable bonds is 8. The molecule has 11 heteroatoms. The molecule has 0 spiro atoms. The molecule has 236 valence electrons. The molecule has 0 saturated heterocycles. The van der Waals surface area contributed by atoms with Crippen LogP contribution in [0.25, 0.3) is 0 Å². The fraction of sp³-hybridized carbons (Fsp3) is 0.562. The lowest BCUT2D eigenvalue weighted by molar-refractivity contribution is -0.137. The minimum absolute atomic E-state index is 0.0419. The number of hydrogen-bond acceptors (Lipinski definition) is 5. The number of urea groups is 1. The Bertz CT molecular complexity index is 1230. The summed E-state index contributed by atoms with van der Waals surface area (Å²) in [6, 6.07) is 9.87. The van der Waals surface area contributed by atoms with Crippen LogP contribution in [-0.2, 0) is 23.9 Å². The standard InChI is InChI=1S/C32H43F3N4O4/c1-21-17-39(22(2)20-40)30(41)16-24-15-27(37-31(42)36-26-7-5-4-6-8-26)13-14-28(24)43-29(21)19-38(3)18-23-9-11-25(12-10-23)32(33,34)35/h9-15,21-22,26,29,40H,4-8,16-20H2,1-3H3,(H2,36,37,42)/t21-,22-,29+/m0/s1. The summed E-state index contributed by atoms with van der Waals surface area (Å²) in [7, 11) is 1.87. The van der Waals surface area contributed by atoms with E-state index in [9.17, 15) is 27.9 Å². The zero-order valence-corrected chi connectivity index (χ0v) is 25.1. The maximum Gasteiger partial charge on any atom is 0.416 e. The lowest BCUT2D eigenvalue weighted by Gasteiger charge is -2.34. The number of benzene rings is 2. The van der Waals surface area contributed by atoms with E-state index in [1.54, 1.807) is 30.0 Å². The van der Waals surface area contributed by atoms with Gasteiger partial charge >= 0.3 is 12.2 Å². The molecule has 1 aliphatic carbocycles. The van der Waals surface area contributed by atoms with Gasteiger partial charge in [0.1, 0.15) is 11.9 Å². The molecule has 8 nitrogen and oxygen atoms in total. The number of nitrogens with zero attached hydrogens (tertiary/aromatic N) is 2. The van der Waals surface area contributed by atoms with Crippen molar-refractivity contribution >= 4 is 17.6 Å². The Morgan fingerprint density at radius 1 is 1.14 bits per heavy atom. The molecule has 2 aromatic rings. The number of likely N-dealkylation sites (N-methyl/N-ethyl adjacent to an activating group) is 1. The van der Waals surface area contributed by atoms with Crippen LogP contribution >= 0.6 is 0 Å². The number of aliphatic hydroxyl groups excluding tert-OH is 1. The zero-order chi connectivity index (χ0) is 31.1. The lowest BCUT2D eigenvalue weighted by Crippen LogP contribution is -2.47. The average molecular weight is 605 g/mol. The molecule has 1 aliphatic heterocycles. The molecule has 2 aliphatic rings. The van der Waals surface area contributed by atoms with Crippen molar-refractivity contribution in [2.45, 2.75) is 83.3 Å². The van der Waals surface area contributed by atoms with Gasteiger partial charge in [0, 0.05) is 42.8 Å². The van der Waals surface area contributed by atoms with E-state index in [0.29, 0.717) is 36.6 Å². The maximum absolute atomic E-state index is 13.5. The van der Waals surface area contributed by atoms with Gasteiger partial charge in [-0.1, -0.05) is 38.3 Å². The van der Waals surface area contributed by atoms with Crippen molar-refractivity contribution in [3.05, 3.63) is 59.2 Å². The normalized spacial score (nSPS) is 20.8. The summed E-state index contributed by atoms with van der Waals surface area (Å²) in [5, 5.41) is 15.8. The molecule has 1 fully saturated rings. The first-order chi connectivity index (χ1) is 20.4. The molecular weight excluding hydrogens is 561 g/mol. The van der Waals surface area contributed by atoms with Crippen LogP contribution in [0.4, 0.5) is 23.7 Å². The van der Waals surface area contributed by atoms with Crippen LogP contribution in [0.3, 0.4) is 0 Å². The first-order valence-corrected chi connectivity index (χ1v) is 15.0. The number of hydrogen-bond donors (Lipinski definition) is 3. The van der Waals surface area contributed by atoms with Gasteiger partial charge in [-0.3, -0.25) is 9.69 Å². The number of fused-ring (bicyclic) bond motifs is 1. The Kier molecular flexibility index (Phi) is 10.9. The van der Waals surface area contributed by atoms with Gasteiger partial charge in [-0.2, -0.15) is 13.2 Å². The molecule has 4 rings (SSSR count). The van der Waals surface area contributed by atoms with E-state index in [1.807, 2.05) is 18.9 Å². The maximum atomic E-state index is 13.5. The van der Waals surface area contributed by atoms with Crippen molar-refractivity contribution in [3.8, 4) is 5.75 Å². The molecule has 2 aromatic carbocycles. The summed E-state index contributed by atoms with van der Waals surface area (Å²) in [6.45, 7) is 4.81. The van der Waals surface area contributed by atoms with Crippen LogP contribution in [0.15, 0.2) is 42.5 Å². The quantitative estimate of drug-likeness (QED) is 0.373. The first-order valence-electron chi connectivity index (χ1n) is 15.0. The molecular formula is C32H43F3N4O4. The monoisotopic (exact) mass is 604 g/mol. The number of halogens is 3. The number of carbonyl (C=O) groups is 2.